The fourth-order valence-corrected chi connectivity index (χ4v) is 1.94. The van der Waals surface area contributed by atoms with E-state index in [1.807, 2.05) is 6.92 Å². The molecule has 0 radical (unpaired) electrons. The van der Waals surface area contributed by atoms with Gasteiger partial charge in [-0.1, -0.05) is 6.07 Å². The van der Waals surface area contributed by atoms with Crippen LogP contribution >= 0.6 is 15.9 Å². The molecule has 6 nitrogen and oxygen atoms in total. The van der Waals surface area contributed by atoms with E-state index < -0.39 is 5.91 Å². The summed E-state index contributed by atoms with van der Waals surface area (Å²) < 4.78 is 1.85. The lowest BCUT2D eigenvalue weighted by Gasteiger charge is -2.08. The summed E-state index contributed by atoms with van der Waals surface area (Å²) in [5.74, 6) is -0.408. The molecule has 0 bridgehead atoms. The molecule has 0 atom stereocenters. The smallest absolute Gasteiger partial charge is 0.250 e. The quantitative estimate of drug-likeness (QED) is 0.864. The largest absolute Gasteiger partial charge is 0.366 e. The number of nitrogen functional groups attached to an aromatic ring is 1. The molecular weight excluding hydrogens is 286 g/mol. The van der Waals surface area contributed by atoms with Crippen molar-refractivity contribution < 1.29 is 4.79 Å². The maximum absolute atomic E-state index is 11.3. The molecule has 0 spiro atoms. The van der Waals surface area contributed by atoms with Gasteiger partial charge in [-0.3, -0.25) is 4.79 Å². The molecule has 2 rings (SSSR count). The van der Waals surface area contributed by atoms with Crippen molar-refractivity contribution in [3.8, 4) is 5.69 Å². The Hall–Kier alpha value is -1.89. The van der Waals surface area contributed by atoms with Gasteiger partial charge < -0.3 is 11.5 Å². The number of aromatic nitrogens is 3. The van der Waals surface area contributed by atoms with Crippen molar-refractivity contribution in [1.82, 2.24) is 14.8 Å². The maximum atomic E-state index is 11.3. The van der Waals surface area contributed by atoms with E-state index in [9.17, 15) is 4.79 Å². The van der Waals surface area contributed by atoms with E-state index in [1.54, 1.807) is 18.2 Å². The number of carbonyl (C=O) groups excluding carboxylic acids is 1. The standard InChI is InChI=1S/C10H10BrN5O/c1-5-2-3-6(8(12)17)7(4-5)16-9(11)14-10(13)15-16/h2-4H,1H3,(H2,12,17)(H2,13,15). The molecule has 1 aromatic carbocycles. The number of halogens is 1. The Morgan fingerprint density at radius 1 is 1.47 bits per heavy atom. The lowest BCUT2D eigenvalue weighted by Crippen LogP contribution is -2.15. The number of benzene rings is 1. The van der Waals surface area contributed by atoms with Gasteiger partial charge in [0, 0.05) is 0 Å². The summed E-state index contributed by atoms with van der Waals surface area (Å²) in [5, 5.41) is 3.99. The van der Waals surface area contributed by atoms with E-state index in [1.165, 1.54) is 4.68 Å². The number of rotatable bonds is 2. The van der Waals surface area contributed by atoms with Gasteiger partial charge in [0.2, 0.25) is 10.7 Å². The summed E-state index contributed by atoms with van der Waals surface area (Å²) in [5.41, 5.74) is 12.7. The predicted molar refractivity (Wildman–Crippen MR) is 66.7 cm³/mol. The molecule has 1 heterocycles. The summed E-state index contributed by atoms with van der Waals surface area (Å²) in [6, 6.07) is 5.24. The minimum Gasteiger partial charge on any atom is -0.366 e. The molecule has 0 saturated heterocycles. The molecule has 0 aliphatic heterocycles. The molecule has 88 valence electrons. The third-order valence-corrected chi connectivity index (χ3v) is 2.74. The van der Waals surface area contributed by atoms with Crippen molar-refractivity contribution in [1.29, 1.82) is 0 Å². The van der Waals surface area contributed by atoms with Gasteiger partial charge in [-0.05, 0) is 40.5 Å². The Balaban J connectivity index is 2.69. The fourth-order valence-electron chi connectivity index (χ4n) is 1.49. The van der Waals surface area contributed by atoms with Gasteiger partial charge in [0.25, 0.3) is 5.91 Å². The Morgan fingerprint density at radius 2 is 2.18 bits per heavy atom. The topological polar surface area (TPSA) is 99.8 Å². The summed E-state index contributed by atoms with van der Waals surface area (Å²) in [4.78, 5) is 15.3. The second kappa shape index (κ2) is 4.17. The first-order chi connectivity index (χ1) is 7.99. The number of amides is 1. The van der Waals surface area contributed by atoms with Crippen LogP contribution < -0.4 is 11.5 Å². The van der Waals surface area contributed by atoms with Crippen molar-refractivity contribution >= 4 is 27.8 Å². The maximum Gasteiger partial charge on any atom is 0.250 e. The van der Waals surface area contributed by atoms with Gasteiger partial charge in [0.1, 0.15) is 0 Å². The Bertz CT molecular complexity index is 592. The molecule has 4 N–H and O–H groups in total. The normalized spacial score (nSPS) is 10.5. The third kappa shape index (κ3) is 2.14. The van der Waals surface area contributed by atoms with Crippen molar-refractivity contribution in [3.05, 3.63) is 34.1 Å². The van der Waals surface area contributed by atoms with Crippen LogP contribution in [0.3, 0.4) is 0 Å². The summed E-state index contributed by atoms with van der Waals surface area (Å²) >= 11 is 3.22. The SMILES string of the molecule is Cc1ccc(C(N)=O)c(-n2nc(N)nc2Br)c1. The summed E-state index contributed by atoms with van der Waals surface area (Å²) in [6.45, 7) is 1.91. The first-order valence-corrected chi connectivity index (χ1v) is 5.57. The number of nitrogens with zero attached hydrogens (tertiary/aromatic N) is 3. The zero-order chi connectivity index (χ0) is 12.6. The average molecular weight is 296 g/mol. The zero-order valence-electron chi connectivity index (χ0n) is 9.01. The van der Waals surface area contributed by atoms with Gasteiger partial charge in [-0.25, -0.2) is 4.68 Å². The van der Waals surface area contributed by atoms with Crippen LogP contribution in [0.15, 0.2) is 22.9 Å². The first-order valence-electron chi connectivity index (χ1n) is 4.78. The van der Waals surface area contributed by atoms with Crippen molar-refractivity contribution in [2.24, 2.45) is 5.73 Å². The van der Waals surface area contributed by atoms with E-state index in [2.05, 4.69) is 26.0 Å². The van der Waals surface area contributed by atoms with E-state index in [-0.39, 0.29) is 5.95 Å². The highest BCUT2D eigenvalue weighted by atomic mass is 79.9. The number of hydrogen-bond acceptors (Lipinski definition) is 4. The summed E-state index contributed by atoms with van der Waals surface area (Å²) in [6.07, 6.45) is 0. The molecule has 7 heteroatoms. The van der Waals surface area contributed by atoms with Crippen LogP contribution in [0.4, 0.5) is 5.95 Å². The van der Waals surface area contributed by atoms with Crippen molar-refractivity contribution in [3.63, 3.8) is 0 Å². The molecule has 0 fully saturated rings. The van der Waals surface area contributed by atoms with E-state index in [4.69, 9.17) is 11.5 Å². The highest BCUT2D eigenvalue weighted by Gasteiger charge is 2.14. The predicted octanol–water partition coefficient (Wildman–Crippen LogP) is 1.02. The van der Waals surface area contributed by atoms with Crippen molar-refractivity contribution in [2.75, 3.05) is 5.73 Å². The number of anilines is 1. The lowest BCUT2D eigenvalue weighted by molar-refractivity contribution is 0.1000. The van der Waals surface area contributed by atoms with E-state index >= 15 is 0 Å². The molecule has 0 aliphatic rings. The number of hydrogen-bond donors (Lipinski definition) is 2. The van der Waals surface area contributed by atoms with Crippen LogP contribution in [0.25, 0.3) is 5.69 Å². The second-order valence-electron chi connectivity index (χ2n) is 3.54. The number of carbonyl (C=O) groups is 1. The average Bonchev–Trinajstić information content (AvgIpc) is 2.57. The molecule has 2 aromatic rings. The van der Waals surface area contributed by atoms with Crippen LogP contribution in [0.5, 0.6) is 0 Å². The second-order valence-corrected chi connectivity index (χ2v) is 4.24. The Labute approximate surface area is 106 Å². The lowest BCUT2D eigenvalue weighted by atomic mass is 10.1. The molecular formula is C10H10BrN5O. The Morgan fingerprint density at radius 3 is 2.71 bits per heavy atom. The minimum absolute atomic E-state index is 0.119. The fraction of sp³-hybridized carbons (Fsp3) is 0.100. The highest BCUT2D eigenvalue weighted by molar-refractivity contribution is 9.10. The van der Waals surface area contributed by atoms with E-state index in [0.717, 1.165) is 5.56 Å². The minimum atomic E-state index is -0.527. The molecule has 1 aromatic heterocycles. The van der Waals surface area contributed by atoms with Gasteiger partial charge in [0.15, 0.2) is 0 Å². The van der Waals surface area contributed by atoms with Gasteiger partial charge in [-0.15, -0.1) is 5.10 Å². The number of primary amides is 1. The molecule has 0 aliphatic carbocycles. The monoisotopic (exact) mass is 295 g/mol. The van der Waals surface area contributed by atoms with Crippen molar-refractivity contribution in [2.45, 2.75) is 6.92 Å². The zero-order valence-corrected chi connectivity index (χ0v) is 10.6. The number of nitrogens with two attached hydrogens (primary N) is 2. The first kappa shape index (κ1) is 11.6. The molecule has 1 amide bonds. The highest BCUT2D eigenvalue weighted by Crippen LogP contribution is 2.20. The van der Waals surface area contributed by atoms with Gasteiger partial charge in [-0.2, -0.15) is 4.98 Å². The molecule has 0 saturated carbocycles. The van der Waals surface area contributed by atoms with Gasteiger partial charge in [0.05, 0.1) is 11.3 Å². The molecule has 17 heavy (non-hydrogen) atoms. The Kier molecular flexibility index (Phi) is 2.84. The van der Waals surface area contributed by atoms with Gasteiger partial charge >= 0.3 is 0 Å². The van der Waals surface area contributed by atoms with Crippen LogP contribution in [-0.2, 0) is 0 Å². The van der Waals surface area contributed by atoms with E-state index in [0.29, 0.717) is 16.0 Å². The van der Waals surface area contributed by atoms with Crippen LogP contribution in [0.1, 0.15) is 15.9 Å². The number of aryl methyl sites for hydroxylation is 1. The summed E-state index contributed by atoms with van der Waals surface area (Å²) in [7, 11) is 0. The molecule has 0 unspecified atom stereocenters. The van der Waals surface area contributed by atoms with Crippen LogP contribution in [-0.4, -0.2) is 20.7 Å². The van der Waals surface area contributed by atoms with Crippen LogP contribution in [0.2, 0.25) is 0 Å². The third-order valence-electron chi connectivity index (χ3n) is 2.23. The van der Waals surface area contributed by atoms with Crippen LogP contribution in [0, 0.1) is 6.92 Å².